The topological polar surface area (TPSA) is 135 Å². The number of fused-ring (bicyclic) bond motifs is 2. The number of nitrogens with zero attached hydrogens (tertiary/aromatic N) is 2. The number of para-hydroxylation sites is 1. The van der Waals surface area contributed by atoms with Gasteiger partial charge in [-0.2, -0.15) is 0 Å². The van der Waals surface area contributed by atoms with Crippen LogP contribution in [0.5, 0.6) is 11.5 Å². The summed E-state index contributed by atoms with van der Waals surface area (Å²) in [5, 5.41) is 6.62. The van der Waals surface area contributed by atoms with Gasteiger partial charge in [0.25, 0.3) is 5.91 Å². The van der Waals surface area contributed by atoms with E-state index in [1.165, 1.54) is 5.56 Å². The number of carbonyl (C=O) groups excluding carboxylic acids is 3. The number of rotatable bonds is 10. The van der Waals surface area contributed by atoms with Crippen molar-refractivity contribution >= 4 is 41.0 Å². The summed E-state index contributed by atoms with van der Waals surface area (Å²) in [6.07, 6.45) is 1.32. The van der Waals surface area contributed by atoms with Crippen molar-refractivity contribution in [3.63, 3.8) is 0 Å². The van der Waals surface area contributed by atoms with E-state index in [9.17, 15) is 14.4 Å². The fraction of sp³-hybridized carbons (Fsp3) is 0.222. The highest BCUT2D eigenvalue weighted by Gasteiger charge is 2.31. The van der Waals surface area contributed by atoms with Crippen molar-refractivity contribution in [1.82, 2.24) is 15.5 Å². The van der Waals surface area contributed by atoms with Crippen LogP contribution in [0.2, 0.25) is 5.02 Å². The van der Waals surface area contributed by atoms with Crippen LogP contribution < -0.4 is 25.8 Å². The van der Waals surface area contributed by atoms with Gasteiger partial charge in [-0.3, -0.25) is 14.9 Å². The van der Waals surface area contributed by atoms with Crippen LogP contribution in [0.15, 0.2) is 102 Å². The Morgan fingerprint density at radius 2 is 1.74 bits per heavy atom. The summed E-state index contributed by atoms with van der Waals surface area (Å²) in [4.78, 5) is 44.9. The van der Waals surface area contributed by atoms with E-state index in [1.54, 1.807) is 59.5 Å². The van der Waals surface area contributed by atoms with E-state index >= 15 is 0 Å². The van der Waals surface area contributed by atoms with Crippen molar-refractivity contribution in [2.24, 2.45) is 16.6 Å². The number of aliphatic imine (C=N–C) groups is 1. The van der Waals surface area contributed by atoms with Gasteiger partial charge < -0.3 is 25.4 Å². The SMILES string of the molecule is NC(=O)C(CCOc1ccc2c(c1)N=C(NC(=O)c1ccccc1)N(CC(=O)Oc1ccccc1Cl)C2)C1NCCc2ccccc21. The molecule has 0 fully saturated rings. The van der Waals surface area contributed by atoms with Gasteiger partial charge in [0.15, 0.2) is 0 Å². The zero-order valence-corrected chi connectivity index (χ0v) is 26.3. The summed E-state index contributed by atoms with van der Waals surface area (Å²) < 4.78 is 11.6. The first-order chi connectivity index (χ1) is 22.9. The van der Waals surface area contributed by atoms with Gasteiger partial charge in [-0.1, -0.05) is 72.3 Å². The van der Waals surface area contributed by atoms with Crippen molar-refractivity contribution in [2.75, 3.05) is 19.7 Å². The largest absolute Gasteiger partial charge is 0.493 e. The highest BCUT2D eigenvalue weighted by atomic mass is 35.5. The molecule has 4 aromatic carbocycles. The molecule has 10 nitrogen and oxygen atoms in total. The van der Waals surface area contributed by atoms with Crippen molar-refractivity contribution in [1.29, 1.82) is 0 Å². The van der Waals surface area contributed by atoms with E-state index in [0.717, 1.165) is 24.1 Å². The molecule has 2 aliphatic heterocycles. The number of amides is 2. The van der Waals surface area contributed by atoms with E-state index < -0.39 is 11.9 Å². The van der Waals surface area contributed by atoms with E-state index in [1.807, 2.05) is 36.4 Å². The molecule has 4 N–H and O–H groups in total. The molecule has 0 saturated carbocycles. The summed E-state index contributed by atoms with van der Waals surface area (Å²) in [5.74, 6) is -0.797. The number of esters is 1. The zero-order chi connectivity index (χ0) is 32.8. The number of nitrogens with one attached hydrogen (secondary N) is 2. The van der Waals surface area contributed by atoms with E-state index in [4.69, 9.17) is 31.8 Å². The molecule has 0 spiro atoms. The molecule has 0 radical (unpaired) electrons. The minimum Gasteiger partial charge on any atom is -0.493 e. The maximum Gasteiger partial charge on any atom is 0.331 e. The number of guanidine groups is 1. The van der Waals surface area contributed by atoms with Gasteiger partial charge in [-0.25, -0.2) is 9.79 Å². The molecule has 2 unspecified atom stereocenters. The van der Waals surface area contributed by atoms with Crippen LogP contribution in [0, 0.1) is 5.92 Å². The standard InChI is InChI=1S/C36H34ClN5O5/c37-29-12-6-7-13-31(29)47-32(43)22-42-21-25-14-15-26(20-30(25)40-36(42)41-35(45)24-9-2-1-3-10-24)46-19-17-28(34(38)44)33-27-11-5-4-8-23(27)16-18-39-33/h1-15,20,28,33,39H,16-19,21-22H2,(H2,38,44)(H,40,41,45). The summed E-state index contributed by atoms with van der Waals surface area (Å²) in [5.41, 5.74) is 10.0. The lowest BCUT2D eigenvalue weighted by Crippen LogP contribution is -2.47. The van der Waals surface area contributed by atoms with Crippen LogP contribution in [0.3, 0.4) is 0 Å². The van der Waals surface area contributed by atoms with Gasteiger partial charge in [0.05, 0.1) is 23.2 Å². The quantitative estimate of drug-likeness (QED) is 0.163. The van der Waals surface area contributed by atoms with E-state index in [-0.39, 0.29) is 49.3 Å². The van der Waals surface area contributed by atoms with Crippen LogP contribution in [0.4, 0.5) is 5.69 Å². The van der Waals surface area contributed by atoms with Gasteiger partial charge >= 0.3 is 5.97 Å². The molecule has 2 aliphatic rings. The highest BCUT2D eigenvalue weighted by Crippen LogP contribution is 2.33. The van der Waals surface area contributed by atoms with Crippen LogP contribution in [0.1, 0.15) is 39.5 Å². The molecule has 47 heavy (non-hydrogen) atoms. The zero-order valence-electron chi connectivity index (χ0n) is 25.5. The Morgan fingerprint density at radius 3 is 2.55 bits per heavy atom. The lowest BCUT2D eigenvalue weighted by atomic mass is 9.84. The molecule has 6 rings (SSSR count). The second-order valence-electron chi connectivity index (χ2n) is 11.3. The Kier molecular flexibility index (Phi) is 9.80. The van der Waals surface area contributed by atoms with Gasteiger partial charge in [-0.15, -0.1) is 0 Å². The second-order valence-corrected chi connectivity index (χ2v) is 11.7. The average molecular weight is 652 g/mol. The van der Waals surface area contributed by atoms with Crippen molar-refractivity contribution in [2.45, 2.75) is 25.4 Å². The second kappa shape index (κ2) is 14.5. The first-order valence-electron chi connectivity index (χ1n) is 15.4. The summed E-state index contributed by atoms with van der Waals surface area (Å²) in [7, 11) is 0. The molecular weight excluding hydrogens is 618 g/mol. The summed E-state index contributed by atoms with van der Waals surface area (Å²) in [6, 6.07) is 28.8. The molecule has 4 aromatic rings. The number of carbonyl (C=O) groups is 3. The van der Waals surface area contributed by atoms with Crippen molar-refractivity contribution < 1.29 is 23.9 Å². The Hall–Kier alpha value is -5.19. The number of benzene rings is 4. The third kappa shape index (κ3) is 7.62. The third-order valence-corrected chi connectivity index (χ3v) is 8.51. The number of hydrogen-bond acceptors (Lipinski definition) is 8. The number of ether oxygens (including phenoxy) is 2. The average Bonchev–Trinajstić information content (AvgIpc) is 3.08. The normalized spacial score (nSPS) is 15.8. The van der Waals surface area contributed by atoms with Crippen molar-refractivity contribution in [3.8, 4) is 11.5 Å². The monoisotopic (exact) mass is 651 g/mol. The van der Waals surface area contributed by atoms with Crippen molar-refractivity contribution in [3.05, 3.63) is 124 Å². The first kappa shape index (κ1) is 31.8. The van der Waals surface area contributed by atoms with E-state index in [2.05, 4.69) is 16.7 Å². The first-order valence-corrected chi connectivity index (χ1v) is 15.7. The molecule has 2 amide bonds. The van der Waals surface area contributed by atoms with E-state index in [0.29, 0.717) is 28.4 Å². The molecule has 0 aromatic heterocycles. The molecule has 240 valence electrons. The number of primary amides is 1. The Balaban J connectivity index is 1.17. The van der Waals surface area contributed by atoms with Crippen LogP contribution in [-0.2, 0) is 22.6 Å². The minimum atomic E-state index is -0.567. The molecule has 11 heteroatoms. The maximum atomic E-state index is 13.1. The lowest BCUT2D eigenvalue weighted by Gasteiger charge is -2.32. The number of hydrogen-bond donors (Lipinski definition) is 3. The summed E-state index contributed by atoms with van der Waals surface area (Å²) in [6.45, 7) is 1.11. The maximum absolute atomic E-state index is 13.1. The van der Waals surface area contributed by atoms with Gasteiger partial charge in [0, 0.05) is 24.2 Å². The predicted molar refractivity (Wildman–Crippen MR) is 179 cm³/mol. The highest BCUT2D eigenvalue weighted by molar-refractivity contribution is 6.32. The van der Waals surface area contributed by atoms with Gasteiger partial charge in [-0.05, 0) is 66.4 Å². The summed E-state index contributed by atoms with van der Waals surface area (Å²) >= 11 is 6.18. The third-order valence-electron chi connectivity index (χ3n) is 8.20. The lowest BCUT2D eigenvalue weighted by molar-refractivity contribution is -0.135. The van der Waals surface area contributed by atoms with Crippen LogP contribution in [-0.4, -0.2) is 48.3 Å². The number of nitrogens with two attached hydrogens (primary N) is 1. The predicted octanol–water partition coefficient (Wildman–Crippen LogP) is 4.94. The molecular formula is C36H34ClN5O5. The van der Waals surface area contributed by atoms with Crippen LogP contribution in [0.25, 0.3) is 0 Å². The Bertz CT molecular complexity index is 1810. The molecule has 0 aliphatic carbocycles. The molecule has 2 heterocycles. The fourth-order valence-corrected chi connectivity index (χ4v) is 6.02. The van der Waals surface area contributed by atoms with Crippen LogP contribution >= 0.6 is 11.6 Å². The Morgan fingerprint density at radius 1 is 0.979 bits per heavy atom. The smallest absolute Gasteiger partial charge is 0.331 e. The van der Waals surface area contributed by atoms with Gasteiger partial charge in [0.1, 0.15) is 18.0 Å². The van der Waals surface area contributed by atoms with Gasteiger partial charge in [0.2, 0.25) is 11.9 Å². The Labute approximate surface area is 277 Å². The molecule has 0 saturated heterocycles. The fourth-order valence-electron chi connectivity index (χ4n) is 5.85. The molecule has 2 atom stereocenters. The minimum absolute atomic E-state index is 0.180. The molecule has 0 bridgehead atoms. The number of halogens is 1.